The van der Waals surface area contributed by atoms with E-state index in [1.807, 2.05) is 0 Å². The summed E-state index contributed by atoms with van der Waals surface area (Å²) in [7, 11) is -2.33. The van der Waals surface area contributed by atoms with Crippen LogP contribution in [0.15, 0.2) is 53.4 Å². The lowest BCUT2D eigenvalue weighted by molar-refractivity contribution is -0.139. The fraction of sp³-hybridized carbons (Fsp3) is 0.300. The quantitative estimate of drug-likeness (QED) is 0.590. The van der Waals surface area contributed by atoms with Crippen LogP contribution in [-0.2, 0) is 30.9 Å². The number of benzene rings is 2. The molecule has 9 nitrogen and oxygen atoms in total. The maximum absolute atomic E-state index is 12.9. The summed E-state index contributed by atoms with van der Waals surface area (Å²) in [6.07, 6.45) is -0.924. The summed E-state index contributed by atoms with van der Waals surface area (Å²) in [5.41, 5.74) is 0.713. The van der Waals surface area contributed by atoms with Gasteiger partial charge in [-0.05, 0) is 30.3 Å². The summed E-state index contributed by atoms with van der Waals surface area (Å²) in [4.78, 5) is 24.3. The molecule has 11 heteroatoms. The predicted molar refractivity (Wildman–Crippen MR) is 113 cm³/mol. The molecule has 0 aromatic heterocycles. The molecule has 1 heterocycles. The number of para-hydroxylation sites is 1. The van der Waals surface area contributed by atoms with Crippen LogP contribution in [0.2, 0.25) is 5.02 Å². The van der Waals surface area contributed by atoms with Gasteiger partial charge in [0, 0.05) is 23.7 Å². The van der Waals surface area contributed by atoms with Crippen molar-refractivity contribution < 1.29 is 27.5 Å². The van der Waals surface area contributed by atoms with E-state index in [1.54, 1.807) is 24.3 Å². The molecular formula is C20H22ClN3O6S. The Morgan fingerprint density at radius 3 is 2.52 bits per heavy atom. The van der Waals surface area contributed by atoms with Crippen molar-refractivity contribution >= 4 is 33.4 Å². The van der Waals surface area contributed by atoms with Crippen LogP contribution in [0.25, 0.3) is 0 Å². The van der Waals surface area contributed by atoms with Gasteiger partial charge in [-0.1, -0.05) is 29.8 Å². The Bertz CT molecular complexity index is 1050. The molecule has 31 heavy (non-hydrogen) atoms. The third kappa shape index (κ3) is 5.53. The lowest BCUT2D eigenvalue weighted by atomic mass is 10.2. The van der Waals surface area contributed by atoms with Crippen molar-refractivity contribution in [2.45, 2.75) is 17.7 Å². The van der Waals surface area contributed by atoms with Gasteiger partial charge in [-0.15, -0.1) is 0 Å². The highest BCUT2D eigenvalue weighted by Crippen LogP contribution is 2.23. The third-order valence-electron chi connectivity index (χ3n) is 4.64. The second-order valence-corrected chi connectivity index (χ2v) is 8.93. The van der Waals surface area contributed by atoms with Crippen LogP contribution in [0.3, 0.4) is 0 Å². The molecule has 3 rings (SSSR count). The molecule has 2 N–H and O–H groups in total. The number of sulfonamides is 1. The highest BCUT2D eigenvalue weighted by Gasteiger charge is 2.36. The minimum absolute atomic E-state index is 0.0632. The number of carbonyl (C=O) groups excluding carboxylic acids is 2. The number of nitrogens with one attached hydrogen (secondary N) is 2. The Morgan fingerprint density at radius 2 is 1.81 bits per heavy atom. The number of rotatable bonds is 7. The fourth-order valence-corrected chi connectivity index (χ4v) is 4.69. The van der Waals surface area contributed by atoms with Crippen LogP contribution in [0.1, 0.15) is 5.56 Å². The molecule has 1 fully saturated rings. The molecule has 1 aliphatic heterocycles. The first kappa shape index (κ1) is 23.0. The summed E-state index contributed by atoms with van der Waals surface area (Å²) in [5, 5.41) is 5.34. The predicted octanol–water partition coefficient (Wildman–Crippen LogP) is 1.13. The van der Waals surface area contributed by atoms with Gasteiger partial charge in [0.1, 0.15) is 12.0 Å². The van der Waals surface area contributed by atoms with Crippen LogP contribution >= 0.6 is 11.6 Å². The molecule has 2 aromatic carbocycles. The zero-order valence-electron chi connectivity index (χ0n) is 16.7. The first-order valence-electron chi connectivity index (χ1n) is 9.40. The molecule has 1 unspecified atom stereocenters. The summed E-state index contributed by atoms with van der Waals surface area (Å²) in [6.45, 7) is 0.236. The third-order valence-corrected chi connectivity index (χ3v) is 6.79. The zero-order valence-corrected chi connectivity index (χ0v) is 18.3. The molecule has 2 amide bonds. The average molecular weight is 468 g/mol. The van der Waals surface area contributed by atoms with E-state index in [4.69, 9.17) is 21.1 Å². The molecule has 1 aliphatic rings. The van der Waals surface area contributed by atoms with Gasteiger partial charge < -0.3 is 20.1 Å². The van der Waals surface area contributed by atoms with E-state index < -0.39 is 28.1 Å². The van der Waals surface area contributed by atoms with Gasteiger partial charge >= 0.3 is 11.8 Å². The molecule has 0 bridgehead atoms. The van der Waals surface area contributed by atoms with Crippen molar-refractivity contribution in [1.29, 1.82) is 0 Å². The Kier molecular flexibility index (Phi) is 7.50. The zero-order chi connectivity index (χ0) is 22.4. The van der Waals surface area contributed by atoms with Gasteiger partial charge in [0.2, 0.25) is 10.0 Å². The average Bonchev–Trinajstić information content (AvgIpc) is 3.26. The smallest absolute Gasteiger partial charge is 0.309 e. The maximum Gasteiger partial charge on any atom is 0.309 e. The van der Waals surface area contributed by atoms with E-state index in [9.17, 15) is 18.0 Å². The highest BCUT2D eigenvalue weighted by molar-refractivity contribution is 7.89. The second kappa shape index (κ2) is 10.1. The van der Waals surface area contributed by atoms with Crippen LogP contribution in [-0.4, -0.2) is 57.6 Å². The fourth-order valence-electron chi connectivity index (χ4n) is 3.05. The van der Waals surface area contributed by atoms with Gasteiger partial charge in [0.25, 0.3) is 0 Å². The van der Waals surface area contributed by atoms with Crippen LogP contribution in [0.4, 0.5) is 0 Å². The molecule has 2 aromatic rings. The van der Waals surface area contributed by atoms with E-state index in [2.05, 4.69) is 10.6 Å². The molecular weight excluding hydrogens is 446 g/mol. The summed E-state index contributed by atoms with van der Waals surface area (Å²) in [5.74, 6) is -1.16. The van der Waals surface area contributed by atoms with E-state index in [-0.39, 0.29) is 31.1 Å². The van der Waals surface area contributed by atoms with Gasteiger partial charge in [-0.2, -0.15) is 4.31 Å². The van der Waals surface area contributed by atoms with E-state index in [0.29, 0.717) is 16.3 Å². The Labute approximate surface area is 185 Å². The number of carbonyl (C=O) groups is 2. The number of halogens is 1. The van der Waals surface area contributed by atoms with Crippen LogP contribution in [0.5, 0.6) is 5.75 Å². The van der Waals surface area contributed by atoms with Gasteiger partial charge in [0.15, 0.2) is 0 Å². The number of hydrogen-bond donors (Lipinski definition) is 2. The summed E-state index contributed by atoms with van der Waals surface area (Å²) >= 11 is 5.82. The number of ether oxygens (including phenoxy) is 2. The summed E-state index contributed by atoms with van der Waals surface area (Å²) in [6, 6.07) is 12.9. The van der Waals surface area contributed by atoms with E-state index in [1.165, 1.54) is 31.4 Å². The SMILES string of the molecule is COc1ccccc1CNC(=O)C(=O)NCC1OCCN1S(=O)(=O)c1ccc(Cl)cc1. The largest absolute Gasteiger partial charge is 0.496 e. The molecule has 166 valence electrons. The van der Waals surface area contributed by atoms with Gasteiger partial charge in [-0.3, -0.25) is 9.59 Å². The minimum atomic E-state index is -3.84. The second-order valence-electron chi connectivity index (χ2n) is 6.60. The Balaban J connectivity index is 1.56. The monoisotopic (exact) mass is 467 g/mol. The van der Waals surface area contributed by atoms with Crippen molar-refractivity contribution in [3.05, 3.63) is 59.1 Å². The van der Waals surface area contributed by atoms with Crippen molar-refractivity contribution in [2.24, 2.45) is 0 Å². The molecule has 0 aliphatic carbocycles. The van der Waals surface area contributed by atoms with Gasteiger partial charge in [-0.25, -0.2) is 8.42 Å². The van der Waals surface area contributed by atoms with Crippen molar-refractivity contribution in [2.75, 3.05) is 26.8 Å². The number of methoxy groups -OCH3 is 1. The maximum atomic E-state index is 12.9. The molecule has 0 radical (unpaired) electrons. The van der Waals surface area contributed by atoms with Crippen LogP contribution in [0, 0.1) is 0 Å². The molecule has 0 spiro atoms. The number of hydrogen-bond acceptors (Lipinski definition) is 6. The van der Waals surface area contributed by atoms with Crippen molar-refractivity contribution in [1.82, 2.24) is 14.9 Å². The van der Waals surface area contributed by atoms with Crippen molar-refractivity contribution in [3.8, 4) is 5.75 Å². The van der Waals surface area contributed by atoms with E-state index in [0.717, 1.165) is 4.31 Å². The Hall–Kier alpha value is -2.66. The standard InChI is InChI=1S/C20H22ClN3O6S/c1-29-17-5-3-2-4-14(17)12-22-19(25)20(26)23-13-18-24(10-11-30-18)31(27,28)16-8-6-15(21)7-9-16/h2-9,18H,10-13H2,1H3,(H,22,25)(H,23,26). The minimum Gasteiger partial charge on any atom is -0.496 e. The van der Waals surface area contributed by atoms with E-state index >= 15 is 0 Å². The summed E-state index contributed by atoms with van der Waals surface area (Å²) < 4.78 is 37.5. The highest BCUT2D eigenvalue weighted by atomic mass is 35.5. The van der Waals surface area contributed by atoms with Gasteiger partial charge in [0.05, 0.1) is 25.2 Å². The lowest BCUT2D eigenvalue weighted by Gasteiger charge is -2.22. The normalized spacial score (nSPS) is 16.6. The number of amides is 2. The van der Waals surface area contributed by atoms with Crippen LogP contribution < -0.4 is 15.4 Å². The molecule has 0 saturated carbocycles. The topological polar surface area (TPSA) is 114 Å². The molecule has 1 saturated heterocycles. The number of nitrogens with zero attached hydrogens (tertiary/aromatic N) is 1. The molecule has 1 atom stereocenters. The first-order valence-corrected chi connectivity index (χ1v) is 11.2. The first-order chi connectivity index (χ1) is 14.8. The Morgan fingerprint density at radius 1 is 1.13 bits per heavy atom. The lowest BCUT2D eigenvalue weighted by Crippen LogP contribution is -2.47. The van der Waals surface area contributed by atoms with Crippen molar-refractivity contribution in [3.63, 3.8) is 0 Å².